The van der Waals surface area contributed by atoms with Gasteiger partial charge in [0.25, 0.3) is 5.91 Å². The van der Waals surface area contributed by atoms with Crippen LogP contribution in [0.4, 0.5) is 15.8 Å². The highest BCUT2D eigenvalue weighted by molar-refractivity contribution is 5.97. The summed E-state index contributed by atoms with van der Waals surface area (Å²) < 4.78 is 18.1. The van der Waals surface area contributed by atoms with Crippen molar-refractivity contribution in [2.24, 2.45) is 0 Å². The second-order valence-corrected chi connectivity index (χ2v) is 5.72. The van der Waals surface area contributed by atoms with E-state index in [1.165, 1.54) is 38.1 Å². The van der Waals surface area contributed by atoms with Crippen molar-refractivity contribution < 1.29 is 23.5 Å². The first-order valence-electron chi connectivity index (χ1n) is 8.16. The summed E-state index contributed by atoms with van der Waals surface area (Å²) in [4.78, 5) is 34.9. The van der Waals surface area contributed by atoms with E-state index in [0.29, 0.717) is 16.9 Å². The molecule has 2 aromatic carbocycles. The Balaban J connectivity index is 1.87. The lowest BCUT2D eigenvalue weighted by Gasteiger charge is -2.12. The highest BCUT2D eigenvalue weighted by atomic mass is 19.1. The zero-order valence-electron chi connectivity index (χ0n) is 14.9. The molecule has 0 heterocycles. The fourth-order valence-corrected chi connectivity index (χ4v) is 2.13. The third-order valence-electron chi connectivity index (χ3n) is 3.40. The molecule has 1 atom stereocenters. The van der Waals surface area contributed by atoms with Gasteiger partial charge in [-0.1, -0.05) is 12.1 Å². The number of anilines is 2. The van der Waals surface area contributed by atoms with Crippen LogP contribution in [0, 0.1) is 5.82 Å². The summed E-state index contributed by atoms with van der Waals surface area (Å²) in [6, 6.07) is 12.2. The van der Waals surface area contributed by atoms with Crippen molar-refractivity contribution >= 4 is 35.2 Å². The van der Waals surface area contributed by atoms with Crippen LogP contribution in [0.1, 0.15) is 19.4 Å². The summed E-state index contributed by atoms with van der Waals surface area (Å²) in [6.45, 7) is 2.84. The summed E-state index contributed by atoms with van der Waals surface area (Å²) in [6.07, 6.45) is 1.50. The Kier molecular flexibility index (Phi) is 6.82. The van der Waals surface area contributed by atoms with Crippen LogP contribution < -0.4 is 10.6 Å². The standard InChI is InChI=1S/C20H19FN2O4/c1-13(27-19(25)11-6-15-4-3-5-16(21)12-15)20(26)23-18-9-7-17(8-10-18)22-14(2)24/h3-13H,1-2H3,(H,22,24)(H,23,26)/b11-6+/t13-/m1/s1. The Morgan fingerprint density at radius 2 is 1.67 bits per heavy atom. The van der Waals surface area contributed by atoms with E-state index in [2.05, 4.69) is 10.6 Å². The molecule has 0 fully saturated rings. The molecule has 0 aromatic heterocycles. The lowest BCUT2D eigenvalue weighted by atomic mass is 10.2. The molecule has 0 saturated carbocycles. The number of hydrogen-bond donors (Lipinski definition) is 2. The van der Waals surface area contributed by atoms with Crippen LogP contribution in [0.5, 0.6) is 0 Å². The Morgan fingerprint density at radius 3 is 2.26 bits per heavy atom. The van der Waals surface area contributed by atoms with E-state index in [9.17, 15) is 18.8 Å². The summed E-state index contributed by atoms with van der Waals surface area (Å²) in [5.74, 6) is -1.83. The minimum Gasteiger partial charge on any atom is -0.449 e. The number of esters is 1. The summed E-state index contributed by atoms with van der Waals surface area (Å²) in [5, 5.41) is 5.22. The quantitative estimate of drug-likeness (QED) is 0.603. The molecule has 2 aromatic rings. The van der Waals surface area contributed by atoms with E-state index >= 15 is 0 Å². The van der Waals surface area contributed by atoms with Gasteiger partial charge in [-0.25, -0.2) is 9.18 Å². The van der Waals surface area contributed by atoms with Gasteiger partial charge in [0.2, 0.25) is 5.91 Å². The van der Waals surface area contributed by atoms with E-state index in [1.54, 1.807) is 30.3 Å². The van der Waals surface area contributed by atoms with E-state index < -0.39 is 23.8 Å². The number of carbonyl (C=O) groups excluding carboxylic acids is 3. The fourth-order valence-electron chi connectivity index (χ4n) is 2.13. The van der Waals surface area contributed by atoms with Gasteiger partial charge < -0.3 is 15.4 Å². The molecule has 0 unspecified atom stereocenters. The average Bonchev–Trinajstić information content (AvgIpc) is 2.61. The van der Waals surface area contributed by atoms with E-state index in [4.69, 9.17) is 4.74 Å². The number of carbonyl (C=O) groups is 3. The van der Waals surface area contributed by atoms with Crippen molar-refractivity contribution in [2.75, 3.05) is 10.6 Å². The Hall–Kier alpha value is -3.48. The zero-order valence-corrected chi connectivity index (χ0v) is 14.9. The fraction of sp³-hybridized carbons (Fsp3) is 0.150. The van der Waals surface area contributed by atoms with E-state index in [1.807, 2.05) is 0 Å². The Morgan fingerprint density at radius 1 is 1.04 bits per heavy atom. The van der Waals surface area contributed by atoms with Gasteiger partial charge >= 0.3 is 5.97 Å². The third-order valence-corrected chi connectivity index (χ3v) is 3.40. The molecule has 140 valence electrons. The molecule has 0 saturated heterocycles. The minimum atomic E-state index is -1.02. The normalized spacial score (nSPS) is 11.7. The van der Waals surface area contributed by atoms with Gasteiger partial charge in [0.15, 0.2) is 6.10 Å². The van der Waals surface area contributed by atoms with Gasteiger partial charge in [0.05, 0.1) is 0 Å². The highest BCUT2D eigenvalue weighted by Gasteiger charge is 2.16. The number of benzene rings is 2. The molecular weight excluding hydrogens is 351 g/mol. The van der Waals surface area contributed by atoms with Crippen molar-refractivity contribution in [3.8, 4) is 0 Å². The summed E-state index contributed by atoms with van der Waals surface area (Å²) >= 11 is 0. The first-order valence-corrected chi connectivity index (χ1v) is 8.16. The molecule has 6 nitrogen and oxygen atoms in total. The van der Waals surface area contributed by atoms with E-state index in [-0.39, 0.29) is 5.91 Å². The van der Waals surface area contributed by atoms with Crippen LogP contribution in [0.25, 0.3) is 6.08 Å². The first kappa shape index (κ1) is 19.8. The summed E-state index contributed by atoms with van der Waals surface area (Å²) in [7, 11) is 0. The maximum absolute atomic E-state index is 13.1. The smallest absolute Gasteiger partial charge is 0.331 e. The van der Waals surface area contributed by atoms with Crippen LogP contribution in [-0.4, -0.2) is 23.9 Å². The topological polar surface area (TPSA) is 84.5 Å². The van der Waals surface area contributed by atoms with Crippen LogP contribution in [0.2, 0.25) is 0 Å². The summed E-state index contributed by atoms with van der Waals surface area (Å²) in [5.41, 5.74) is 1.60. The molecule has 0 aliphatic heterocycles. The first-order chi connectivity index (χ1) is 12.8. The van der Waals surface area contributed by atoms with Gasteiger partial charge in [-0.15, -0.1) is 0 Å². The molecule has 0 spiro atoms. The molecule has 2 rings (SSSR count). The SMILES string of the molecule is CC(=O)Nc1ccc(NC(=O)[C@@H](C)OC(=O)/C=C/c2cccc(F)c2)cc1. The van der Waals surface area contributed by atoms with Crippen LogP contribution in [0.3, 0.4) is 0 Å². The predicted octanol–water partition coefficient (Wildman–Crippen LogP) is 3.37. The van der Waals surface area contributed by atoms with Crippen LogP contribution in [0.15, 0.2) is 54.6 Å². The maximum atomic E-state index is 13.1. The second-order valence-electron chi connectivity index (χ2n) is 5.72. The highest BCUT2D eigenvalue weighted by Crippen LogP contribution is 2.14. The third kappa shape index (κ3) is 6.74. The Bertz CT molecular complexity index is 863. The van der Waals surface area contributed by atoms with E-state index in [0.717, 1.165) is 6.08 Å². The molecule has 0 bridgehead atoms. The van der Waals surface area contributed by atoms with Gasteiger partial charge in [-0.2, -0.15) is 0 Å². The molecule has 27 heavy (non-hydrogen) atoms. The van der Waals surface area contributed by atoms with Gasteiger partial charge in [-0.05, 0) is 55.0 Å². The number of nitrogens with one attached hydrogen (secondary N) is 2. The van der Waals surface area contributed by atoms with Crippen molar-refractivity contribution in [1.29, 1.82) is 0 Å². The van der Waals surface area contributed by atoms with Crippen molar-refractivity contribution in [1.82, 2.24) is 0 Å². The van der Waals surface area contributed by atoms with Crippen LogP contribution >= 0.6 is 0 Å². The van der Waals surface area contributed by atoms with Crippen molar-refractivity contribution in [2.45, 2.75) is 20.0 Å². The molecule has 7 heteroatoms. The lowest BCUT2D eigenvalue weighted by molar-refractivity contribution is -0.148. The molecule has 0 aliphatic carbocycles. The van der Waals surface area contributed by atoms with Crippen molar-refractivity contribution in [3.05, 3.63) is 66.0 Å². The molecule has 2 amide bonds. The zero-order chi connectivity index (χ0) is 19.8. The number of halogens is 1. The number of ether oxygens (including phenoxy) is 1. The largest absolute Gasteiger partial charge is 0.449 e. The molecule has 0 radical (unpaired) electrons. The lowest BCUT2D eigenvalue weighted by Crippen LogP contribution is -2.29. The van der Waals surface area contributed by atoms with Crippen LogP contribution in [-0.2, 0) is 19.1 Å². The number of amides is 2. The minimum absolute atomic E-state index is 0.196. The number of rotatable bonds is 6. The van der Waals surface area contributed by atoms with Crippen molar-refractivity contribution in [3.63, 3.8) is 0 Å². The predicted molar refractivity (Wildman–Crippen MR) is 100 cm³/mol. The molecule has 0 aliphatic rings. The van der Waals surface area contributed by atoms with Gasteiger partial charge in [0.1, 0.15) is 5.82 Å². The monoisotopic (exact) mass is 370 g/mol. The molecule has 2 N–H and O–H groups in total. The van der Waals surface area contributed by atoms with Gasteiger partial charge in [-0.3, -0.25) is 9.59 Å². The Labute approximate surface area is 156 Å². The maximum Gasteiger partial charge on any atom is 0.331 e. The second kappa shape index (κ2) is 9.28. The molecular formula is C20H19FN2O4. The average molecular weight is 370 g/mol. The van der Waals surface area contributed by atoms with Gasteiger partial charge in [0, 0.05) is 24.4 Å². The number of hydrogen-bond acceptors (Lipinski definition) is 4.